The summed E-state index contributed by atoms with van der Waals surface area (Å²) < 4.78 is 50.7. The van der Waals surface area contributed by atoms with Crippen LogP contribution in [0.25, 0.3) is 0 Å². The molecule has 168 valence electrons. The van der Waals surface area contributed by atoms with E-state index in [2.05, 4.69) is 31.2 Å². The van der Waals surface area contributed by atoms with Crippen LogP contribution in [0.1, 0.15) is 94.6 Å². The smallest absolute Gasteiger partial charge is 0.212 e. The van der Waals surface area contributed by atoms with E-state index >= 15 is 0 Å². The molecule has 0 nitrogen and oxygen atoms in total. The summed E-state index contributed by atoms with van der Waals surface area (Å²) in [7, 11) is 0. The number of halogens is 4. The Kier molecular flexibility index (Phi) is 8.42. The Morgan fingerprint density at radius 3 is 2.00 bits per heavy atom. The van der Waals surface area contributed by atoms with Crippen LogP contribution in [0.5, 0.6) is 0 Å². The lowest BCUT2D eigenvalue weighted by Gasteiger charge is -2.29. The fraction of sp³-hybridized carbons (Fsp3) is 0.692. The van der Waals surface area contributed by atoms with E-state index in [-0.39, 0.29) is 6.08 Å². The fourth-order valence-electron chi connectivity index (χ4n) is 5.52. The van der Waals surface area contributed by atoms with E-state index in [9.17, 15) is 17.6 Å². The highest BCUT2D eigenvalue weighted by Gasteiger charge is 2.30. The number of hydrogen-bond acceptors (Lipinski definition) is 0. The summed E-state index contributed by atoms with van der Waals surface area (Å²) in [6.07, 6.45) is 8.06. The van der Waals surface area contributed by atoms with Crippen LogP contribution in [0.3, 0.4) is 0 Å². The first-order valence-corrected chi connectivity index (χ1v) is 11.9. The summed E-state index contributed by atoms with van der Waals surface area (Å²) in [5, 5.41) is 0. The Morgan fingerprint density at radius 2 is 1.43 bits per heavy atom. The average Bonchev–Trinajstić information content (AvgIpc) is 2.73. The van der Waals surface area contributed by atoms with Gasteiger partial charge >= 0.3 is 6.18 Å². The average molecular weight is 425 g/mol. The Hall–Kier alpha value is -1.32. The number of hydrogen-bond donors (Lipinski definition) is 0. The monoisotopic (exact) mass is 424 g/mol. The Balaban J connectivity index is 1.40. The Bertz CT molecular complexity index is 657. The van der Waals surface area contributed by atoms with Gasteiger partial charge in [-0.3, -0.25) is 0 Å². The Morgan fingerprint density at radius 1 is 0.867 bits per heavy atom. The second kappa shape index (κ2) is 10.8. The first kappa shape index (κ1) is 23.3. The van der Waals surface area contributed by atoms with E-state index < -0.39 is 17.9 Å². The molecule has 0 unspecified atom stereocenters. The largest absolute Gasteiger partial charge is 0.412 e. The van der Waals surface area contributed by atoms with Gasteiger partial charge in [-0.15, -0.1) is 0 Å². The first-order valence-electron chi connectivity index (χ1n) is 11.9. The molecule has 2 aliphatic carbocycles. The van der Waals surface area contributed by atoms with Crippen molar-refractivity contribution in [1.82, 2.24) is 0 Å². The summed E-state index contributed by atoms with van der Waals surface area (Å²) in [6, 6.07) is 9.11. The van der Waals surface area contributed by atoms with Gasteiger partial charge in [0.1, 0.15) is 5.83 Å². The molecule has 0 aliphatic heterocycles. The molecular formula is C26H36F4. The predicted molar refractivity (Wildman–Crippen MR) is 115 cm³/mol. The molecule has 0 spiro atoms. The molecular weight excluding hydrogens is 388 g/mol. The van der Waals surface area contributed by atoms with Crippen LogP contribution in [0.2, 0.25) is 0 Å². The highest BCUT2D eigenvalue weighted by Crippen LogP contribution is 2.39. The van der Waals surface area contributed by atoms with Crippen molar-refractivity contribution in [2.24, 2.45) is 17.8 Å². The van der Waals surface area contributed by atoms with E-state index in [1.54, 1.807) is 0 Å². The zero-order chi connectivity index (χ0) is 21.6. The van der Waals surface area contributed by atoms with E-state index in [0.29, 0.717) is 24.7 Å². The lowest BCUT2D eigenvalue weighted by atomic mass is 9.77. The van der Waals surface area contributed by atoms with Gasteiger partial charge in [-0.2, -0.15) is 13.2 Å². The van der Waals surface area contributed by atoms with Gasteiger partial charge in [-0.1, -0.05) is 44.0 Å². The van der Waals surface area contributed by atoms with Crippen LogP contribution >= 0.6 is 0 Å². The van der Waals surface area contributed by atoms with Crippen molar-refractivity contribution in [2.45, 2.75) is 96.1 Å². The van der Waals surface area contributed by atoms with E-state index in [1.165, 1.54) is 49.7 Å². The third-order valence-corrected chi connectivity index (χ3v) is 7.37. The lowest BCUT2D eigenvalue weighted by Crippen LogP contribution is -2.17. The normalized spacial score (nSPS) is 28.5. The molecule has 0 radical (unpaired) electrons. The minimum Gasteiger partial charge on any atom is -0.212 e. The highest BCUT2D eigenvalue weighted by molar-refractivity contribution is 5.26. The first-order chi connectivity index (χ1) is 14.3. The molecule has 0 aromatic heterocycles. The topological polar surface area (TPSA) is 0 Å². The van der Waals surface area contributed by atoms with Crippen molar-refractivity contribution in [3.8, 4) is 0 Å². The van der Waals surface area contributed by atoms with Crippen molar-refractivity contribution in [2.75, 3.05) is 0 Å². The second-order valence-corrected chi connectivity index (χ2v) is 9.58. The standard InChI is InChI=1S/C26H36F4/c1-2-3-19-6-12-22(13-7-19)23-14-8-20(9-15-23)4-5-21-10-16-24(17-11-21)25(27)18-26(28,29)30/h8-9,14-15,18-19,21-22,24H,2-7,10-13,16-17H2,1H3/b25-18-. The highest BCUT2D eigenvalue weighted by atomic mass is 19.4. The molecule has 0 saturated heterocycles. The molecule has 2 aliphatic rings. The van der Waals surface area contributed by atoms with Gasteiger partial charge in [0.05, 0.1) is 6.08 Å². The minimum atomic E-state index is -4.55. The summed E-state index contributed by atoms with van der Waals surface area (Å²) in [4.78, 5) is 0. The molecule has 0 N–H and O–H groups in total. The third-order valence-electron chi connectivity index (χ3n) is 7.37. The van der Waals surface area contributed by atoms with Gasteiger partial charge in [0, 0.05) is 5.92 Å². The number of benzene rings is 1. The maximum absolute atomic E-state index is 13.8. The summed E-state index contributed by atoms with van der Waals surface area (Å²) >= 11 is 0. The molecule has 0 amide bonds. The maximum Gasteiger partial charge on any atom is 0.412 e. The van der Waals surface area contributed by atoms with Crippen molar-refractivity contribution in [3.05, 3.63) is 47.3 Å². The van der Waals surface area contributed by atoms with E-state index in [4.69, 9.17) is 0 Å². The molecule has 1 aromatic rings. The molecule has 3 rings (SSSR count). The van der Waals surface area contributed by atoms with Gasteiger partial charge in [0.2, 0.25) is 0 Å². The lowest BCUT2D eigenvalue weighted by molar-refractivity contribution is -0.0821. The number of alkyl halides is 3. The second-order valence-electron chi connectivity index (χ2n) is 9.58. The SMILES string of the molecule is CCCC1CCC(c2ccc(CCC3CCC(/C(F)=C/C(F)(F)F)CC3)cc2)CC1. The number of allylic oxidation sites excluding steroid dienone is 2. The zero-order valence-corrected chi connectivity index (χ0v) is 18.2. The molecule has 0 heterocycles. The van der Waals surface area contributed by atoms with Crippen LogP contribution in [0, 0.1) is 17.8 Å². The molecule has 30 heavy (non-hydrogen) atoms. The van der Waals surface area contributed by atoms with Gasteiger partial charge in [0.25, 0.3) is 0 Å². The summed E-state index contributed by atoms with van der Waals surface area (Å²) in [6.45, 7) is 2.28. The van der Waals surface area contributed by atoms with E-state index in [0.717, 1.165) is 31.6 Å². The summed E-state index contributed by atoms with van der Waals surface area (Å²) in [5.74, 6) is 0.600. The van der Waals surface area contributed by atoms with Crippen LogP contribution in [0.15, 0.2) is 36.2 Å². The van der Waals surface area contributed by atoms with Gasteiger partial charge in [-0.05, 0) is 93.1 Å². The molecule has 1 aromatic carbocycles. The molecule has 2 fully saturated rings. The van der Waals surface area contributed by atoms with Gasteiger partial charge in [0.15, 0.2) is 0 Å². The van der Waals surface area contributed by atoms with Crippen LogP contribution in [-0.2, 0) is 6.42 Å². The van der Waals surface area contributed by atoms with Crippen molar-refractivity contribution in [3.63, 3.8) is 0 Å². The molecule has 4 heteroatoms. The minimum absolute atomic E-state index is 0.157. The molecule has 0 atom stereocenters. The molecule has 2 saturated carbocycles. The quantitative estimate of drug-likeness (QED) is 0.383. The van der Waals surface area contributed by atoms with Gasteiger partial charge < -0.3 is 0 Å². The van der Waals surface area contributed by atoms with E-state index in [1.807, 2.05) is 0 Å². The van der Waals surface area contributed by atoms with Crippen LogP contribution in [-0.4, -0.2) is 6.18 Å². The number of aryl methyl sites for hydroxylation is 1. The van der Waals surface area contributed by atoms with Crippen LogP contribution in [0.4, 0.5) is 17.6 Å². The summed E-state index contributed by atoms with van der Waals surface area (Å²) in [5.41, 5.74) is 2.81. The van der Waals surface area contributed by atoms with Gasteiger partial charge in [-0.25, -0.2) is 4.39 Å². The van der Waals surface area contributed by atoms with Crippen LogP contribution < -0.4 is 0 Å². The number of rotatable bonds is 7. The van der Waals surface area contributed by atoms with Crippen molar-refractivity contribution < 1.29 is 17.6 Å². The fourth-order valence-corrected chi connectivity index (χ4v) is 5.52. The van der Waals surface area contributed by atoms with Crippen molar-refractivity contribution in [1.29, 1.82) is 0 Å². The third kappa shape index (κ3) is 7.13. The maximum atomic E-state index is 13.8. The molecule has 0 bridgehead atoms. The predicted octanol–water partition coefficient (Wildman–Crippen LogP) is 8.92. The van der Waals surface area contributed by atoms with Crippen molar-refractivity contribution >= 4 is 0 Å². The Labute approximate surface area is 179 Å². The zero-order valence-electron chi connectivity index (χ0n) is 18.2.